The van der Waals surface area contributed by atoms with E-state index in [1.54, 1.807) is 36.4 Å². The van der Waals surface area contributed by atoms with Gasteiger partial charge in [-0.3, -0.25) is 24.6 Å². The van der Waals surface area contributed by atoms with E-state index < -0.39 is 4.92 Å². The number of carbonyl (C=O) groups is 2. The molecule has 0 bridgehead atoms. The number of carbonyl (C=O) groups excluding carboxylic acids is 2. The number of rotatable bonds is 8. The van der Waals surface area contributed by atoms with Crippen LogP contribution in [0.25, 0.3) is 6.08 Å². The number of imide groups is 1. The van der Waals surface area contributed by atoms with Gasteiger partial charge in [-0.1, -0.05) is 41.4 Å². The van der Waals surface area contributed by atoms with Crippen LogP contribution in [0.4, 0.5) is 10.5 Å². The van der Waals surface area contributed by atoms with E-state index in [9.17, 15) is 19.7 Å². The number of nitrogens with zero attached hydrogens (tertiary/aromatic N) is 2. The Bertz CT molecular complexity index is 1020. The highest BCUT2D eigenvalue weighted by Gasteiger charge is 2.34. The number of nitro groups is 1. The molecular formula is C21H19BrN2O5S. The zero-order valence-electron chi connectivity index (χ0n) is 16.2. The van der Waals surface area contributed by atoms with E-state index in [2.05, 4.69) is 15.9 Å². The maximum absolute atomic E-state index is 12.6. The van der Waals surface area contributed by atoms with Gasteiger partial charge in [0.1, 0.15) is 12.4 Å². The molecular weight excluding hydrogens is 472 g/mol. The number of non-ortho nitro benzene ring substituents is 1. The number of hydrogen-bond acceptors (Lipinski definition) is 6. The molecule has 30 heavy (non-hydrogen) atoms. The number of halogens is 1. The molecule has 0 radical (unpaired) electrons. The van der Waals surface area contributed by atoms with Gasteiger partial charge in [-0.2, -0.15) is 0 Å². The first-order valence-electron chi connectivity index (χ1n) is 9.30. The average molecular weight is 491 g/mol. The van der Waals surface area contributed by atoms with E-state index in [1.165, 1.54) is 17.0 Å². The lowest BCUT2D eigenvalue weighted by Gasteiger charge is -2.11. The van der Waals surface area contributed by atoms with Gasteiger partial charge in [0.25, 0.3) is 16.8 Å². The molecule has 1 aliphatic rings. The minimum Gasteiger partial charge on any atom is -0.488 e. The molecule has 0 N–H and O–H groups in total. The summed E-state index contributed by atoms with van der Waals surface area (Å²) in [6, 6.07) is 11.6. The molecule has 0 saturated carbocycles. The van der Waals surface area contributed by atoms with Crippen molar-refractivity contribution in [2.75, 3.05) is 6.54 Å². The third-order valence-corrected chi connectivity index (χ3v) is 5.78. The van der Waals surface area contributed by atoms with Crippen LogP contribution in [-0.2, 0) is 11.4 Å². The van der Waals surface area contributed by atoms with Gasteiger partial charge >= 0.3 is 0 Å². The van der Waals surface area contributed by atoms with E-state index in [0.29, 0.717) is 28.3 Å². The zero-order chi connectivity index (χ0) is 21.7. The number of benzene rings is 2. The largest absolute Gasteiger partial charge is 0.488 e. The van der Waals surface area contributed by atoms with Crippen LogP contribution < -0.4 is 4.74 Å². The van der Waals surface area contributed by atoms with Crippen LogP contribution in [0.1, 0.15) is 30.9 Å². The molecule has 3 rings (SSSR count). The van der Waals surface area contributed by atoms with E-state index in [1.807, 2.05) is 6.92 Å². The fraction of sp³-hybridized carbons (Fsp3) is 0.238. The lowest BCUT2D eigenvalue weighted by Crippen LogP contribution is -2.29. The topological polar surface area (TPSA) is 89.8 Å². The van der Waals surface area contributed by atoms with Crippen molar-refractivity contribution in [3.63, 3.8) is 0 Å². The summed E-state index contributed by atoms with van der Waals surface area (Å²) in [4.78, 5) is 36.9. The Kier molecular flexibility index (Phi) is 7.28. The Morgan fingerprint density at radius 1 is 1.23 bits per heavy atom. The van der Waals surface area contributed by atoms with Crippen molar-refractivity contribution < 1.29 is 19.2 Å². The van der Waals surface area contributed by atoms with Crippen molar-refractivity contribution in [1.29, 1.82) is 0 Å². The summed E-state index contributed by atoms with van der Waals surface area (Å²) in [5.41, 5.74) is 1.28. The summed E-state index contributed by atoms with van der Waals surface area (Å²) in [5, 5.41) is 10.7. The molecule has 2 amide bonds. The number of thioether (sulfide) groups is 1. The SMILES string of the molecule is CCCCN1C(=O)S/C(=C\c2cc(Br)ccc2OCc2cccc([N+](=O)[O-])c2)C1=O. The predicted molar refractivity (Wildman–Crippen MR) is 119 cm³/mol. The van der Waals surface area contributed by atoms with Crippen LogP contribution in [0.15, 0.2) is 51.8 Å². The molecule has 156 valence electrons. The summed E-state index contributed by atoms with van der Waals surface area (Å²) in [6.45, 7) is 2.54. The van der Waals surface area contributed by atoms with Crippen molar-refractivity contribution in [3.8, 4) is 5.75 Å². The first-order chi connectivity index (χ1) is 14.4. The first kappa shape index (κ1) is 22.0. The second kappa shape index (κ2) is 9.90. The smallest absolute Gasteiger partial charge is 0.293 e. The summed E-state index contributed by atoms with van der Waals surface area (Å²) < 4.78 is 6.66. The molecule has 1 fully saturated rings. The van der Waals surface area contributed by atoms with E-state index >= 15 is 0 Å². The molecule has 7 nitrogen and oxygen atoms in total. The summed E-state index contributed by atoms with van der Waals surface area (Å²) in [6.07, 6.45) is 3.30. The van der Waals surface area contributed by atoms with E-state index in [-0.39, 0.29) is 23.4 Å². The molecule has 0 aromatic heterocycles. The highest BCUT2D eigenvalue weighted by molar-refractivity contribution is 9.10. The third kappa shape index (κ3) is 5.28. The maximum atomic E-state index is 12.6. The second-order valence-electron chi connectivity index (χ2n) is 6.58. The molecule has 0 aliphatic carbocycles. The fourth-order valence-corrected chi connectivity index (χ4v) is 4.07. The maximum Gasteiger partial charge on any atom is 0.293 e. The molecule has 1 saturated heterocycles. The number of nitro benzene ring substituents is 1. The van der Waals surface area contributed by atoms with E-state index in [4.69, 9.17) is 4.74 Å². The standard InChI is InChI=1S/C21H19BrN2O5S/c1-2-3-9-23-20(25)19(30-21(23)26)12-15-11-16(22)7-8-18(15)29-13-14-5-4-6-17(10-14)24(27)28/h4-8,10-12H,2-3,9,13H2,1H3/b19-12-. The van der Waals surface area contributed by atoms with Gasteiger partial charge in [0.15, 0.2) is 0 Å². The van der Waals surface area contributed by atoms with Crippen LogP contribution in [0.2, 0.25) is 0 Å². The third-order valence-electron chi connectivity index (χ3n) is 4.38. The lowest BCUT2D eigenvalue weighted by molar-refractivity contribution is -0.384. The lowest BCUT2D eigenvalue weighted by atomic mass is 10.1. The van der Waals surface area contributed by atoms with Gasteiger partial charge in [0.05, 0.1) is 9.83 Å². The van der Waals surface area contributed by atoms with Crippen LogP contribution in [0, 0.1) is 10.1 Å². The van der Waals surface area contributed by atoms with Gasteiger partial charge in [-0.25, -0.2) is 0 Å². The summed E-state index contributed by atoms with van der Waals surface area (Å²) >= 11 is 4.33. The molecule has 2 aromatic carbocycles. The molecule has 0 atom stereocenters. The molecule has 9 heteroatoms. The molecule has 2 aromatic rings. The van der Waals surface area contributed by atoms with E-state index in [0.717, 1.165) is 29.1 Å². The normalized spacial score (nSPS) is 15.1. The van der Waals surface area contributed by atoms with Gasteiger partial charge in [0, 0.05) is 28.7 Å². The average Bonchev–Trinajstić information content (AvgIpc) is 2.98. The van der Waals surface area contributed by atoms with Gasteiger partial charge in [-0.15, -0.1) is 0 Å². The van der Waals surface area contributed by atoms with Gasteiger partial charge < -0.3 is 4.74 Å². The van der Waals surface area contributed by atoms with Crippen molar-refractivity contribution in [2.24, 2.45) is 0 Å². The minimum atomic E-state index is -0.455. The highest BCUT2D eigenvalue weighted by Crippen LogP contribution is 2.35. The Labute approximate surface area is 186 Å². The Morgan fingerprint density at radius 3 is 2.77 bits per heavy atom. The van der Waals surface area contributed by atoms with Crippen LogP contribution in [0.3, 0.4) is 0 Å². The number of ether oxygens (including phenoxy) is 1. The van der Waals surface area contributed by atoms with Gasteiger partial charge in [-0.05, 0) is 48.0 Å². The summed E-state index contributed by atoms with van der Waals surface area (Å²) in [7, 11) is 0. The number of amides is 2. The fourth-order valence-electron chi connectivity index (χ4n) is 2.83. The Hall–Kier alpha value is -2.65. The van der Waals surface area contributed by atoms with Crippen molar-refractivity contribution in [1.82, 2.24) is 4.90 Å². The van der Waals surface area contributed by atoms with Crippen LogP contribution >= 0.6 is 27.7 Å². The number of unbranched alkanes of at least 4 members (excludes halogenated alkanes) is 1. The zero-order valence-corrected chi connectivity index (χ0v) is 18.6. The highest BCUT2D eigenvalue weighted by atomic mass is 79.9. The molecule has 0 spiro atoms. The molecule has 0 unspecified atom stereocenters. The predicted octanol–water partition coefficient (Wildman–Crippen LogP) is 5.77. The first-order valence-corrected chi connectivity index (χ1v) is 10.9. The second-order valence-corrected chi connectivity index (χ2v) is 8.49. The molecule has 1 aliphatic heterocycles. The van der Waals surface area contributed by atoms with Crippen molar-refractivity contribution in [3.05, 3.63) is 73.1 Å². The minimum absolute atomic E-state index is 0.00659. The Balaban J connectivity index is 1.81. The number of hydrogen-bond donors (Lipinski definition) is 0. The Morgan fingerprint density at radius 2 is 2.03 bits per heavy atom. The van der Waals surface area contributed by atoms with Crippen molar-refractivity contribution in [2.45, 2.75) is 26.4 Å². The van der Waals surface area contributed by atoms with Crippen molar-refractivity contribution >= 4 is 50.6 Å². The molecule has 1 heterocycles. The van der Waals surface area contributed by atoms with Crippen LogP contribution in [-0.4, -0.2) is 27.5 Å². The monoisotopic (exact) mass is 490 g/mol. The summed E-state index contributed by atoms with van der Waals surface area (Å²) in [5.74, 6) is 0.202. The van der Waals surface area contributed by atoms with Gasteiger partial charge in [0.2, 0.25) is 0 Å². The quantitative estimate of drug-likeness (QED) is 0.265. The van der Waals surface area contributed by atoms with Crippen LogP contribution in [0.5, 0.6) is 5.75 Å².